The van der Waals surface area contributed by atoms with Gasteiger partial charge in [0.25, 0.3) is 0 Å². The van der Waals surface area contributed by atoms with Crippen LogP contribution in [0.2, 0.25) is 0 Å². The summed E-state index contributed by atoms with van der Waals surface area (Å²) in [5, 5.41) is 0. The highest BCUT2D eigenvalue weighted by Gasteiger charge is 2.31. The maximum atomic E-state index is 12.3. The number of hydrogen-bond donors (Lipinski definition) is 0. The maximum Gasteiger partial charge on any atom is 0.573 e. The van der Waals surface area contributed by atoms with Crippen LogP contribution in [0.3, 0.4) is 0 Å². The van der Waals surface area contributed by atoms with Gasteiger partial charge in [-0.15, -0.1) is 13.2 Å². The van der Waals surface area contributed by atoms with Crippen molar-refractivity contribution in [2.75, 3.05) is 6.61 Å². The van der Waals surface area contributed by atoms with E-state index in [9.17, 15) is 18.0 Å². The SMILES string of the molecule is O=c1oc2ccc(-c3ccc(OC(F)(F)F)cc3)nc2n1CC1CCCCO1. The lowest BCUT2D eigenvalue weighted by Crippen LogP contribution is -2.28. The van der Waals surface area contributed by atoms with Crippen LogP contribution in [0.5, 0.6) is 5.75 Å². The predicted octanol–water partition coefficient (Wildman–Crippen LogP) is 4.12. The summed E-state index contributed by atoms with van der Waals surface area (Å²) in [7, 11) is 0. The third-order valence-corrected chi connectivity index (χ3v) is 4.56. The maximum absolute atomic E-state index is 12.3. The molecule has 0 amide bonds. The number of aromatic nitrogens is 2. The first-order valence-electron chi connectivity index (χ1n) is 8.87. The first-order valence-corrected chi connectivity index (χ1v) is 8.87. The number of hydrogen-bond acceptors (Lipinski definition) is 5. The quantitative estimate of drug-likeness (QED) is 0.666. The summed E-state index contributed by atoms with van der Waals surface area (Å²) >= 11 is 0. The zero-order chi connectivity index (χ0) is 19.7. The Kier molecular flexibility index (Phi) is 4.84. The van der Waals surface area contributed by atoms with Crippen molar-refractivity contribution in [1.82, 2.24) is 9.55 Å². The monoisotopic (exact) mass is 394 g/mol. The first-order chi connectivity index (χ1) is 13.4. The van der Waals surface area contributed by atoms with Crippen molar-refractivity contribution < 1.29 is 27.1 Å². The Balaban J connectivity index is 1.63. The molecule has 3 aromatic rings. The number of oxazole rings is 1. The Labute approximate surface area is 157 Å². The van der Waals surface area contributed by atoms with Crippen LogP contribution in [0.25, 0.3) is 22.5 Å². The fraction of sp³-hybridized carbons (Fsp3) is 0.368. The number of nitrogens with zero attached hydrogens (tertiary/aromatic N) is 2. The Morgan fingerprint density at radius 3 is 2.61 bits per heavy atom. The Hall–Kier alpha value is -2.81. The lowest BCUT2D eigenvalue weighted by molar-refractivity contribution is -0.274. The van der Waals surface area contributed by atoms with Crippen molar-refractivity contribution in [2.24, 2.45) is 0 Å². The Morgan fingerprint density at radius 1 is 1.14 bits per heavy atom. The molecular weight excluding hydrogens is 377 g/mol. The molecule has 1 saturated heterocycles. The van der Waals surface area contributed by atoms with E-state index in [0.717, 1.165) is 19.3 Å². The summed E-state index contributed by atoms with van der Waals surface area (Å²) in [5.41, 5.74) is 1.82. The average molecular weight is 394 g/mol. The van der Waals surface area contributed by atoms with Crippen LogP contribution in [-0.2, 0) is 11.3 Å². The number of pyridine rings is 1. The molecule has 2 aromatic heterocycles. The van der Waals surface area contributed by atoms with E-state index in [-0.39, 0.29) is 11.9 Å². The molecule has 1 fully saturated rings. The van der Waals surface area contributed by atoms with Crippen molar-refractivity contribution in [3.8, 4) is 17.0 Å². The third kappa shape index (κ3) is 4.04. The second-order valence-electron chi connectivity index (χ2n) is 6.56. The molecule has 0 saturated carbocycles. The molecule has 3 heterocycles. The standard InChI is InChI=1S/C19H17F3N2O4/c20-19(21,22)28-13-6-4-12(5-7-13)15-8-9-16-17(23-15)24(18(25)27-16)11-14-3-1-2-10-26-14/h4-9,14H,1-3,10-11H2. The number of alkyl halides is 3. The van der Waals surface area contributed by atoms with Gasteiger partial charge in [0.2, 0.25) is 0 Å². The van der Waals surface area contributed by atoms with Gasteiger partial charge in [-0.25, -0.2) is 9.78 Å². The Bertz CT molecular complexity index is 1020. The number of ether oxygens (including phenoxy) is 2. The Morgan fingerprint density at radius 2 is 1.93 bits per heavy atom. The molecule has 0 bridgehead atoms. The van der Waals surface area contributed by atoms with Gasteiger partial charge in [0, 0.05) is 12.2 Å². The van der Waals surface area contributed by atoms with Gasteiger partial charge in [-0.05, 0) is 55.7 Å². The molecular formula is C19H17F3N2O4. The van der Waals surface area contributed by atoms with Crippen LogP contribution in [0.4, 0.5) is 13.2 Å². The van der Waals surface area contributed by atoms with Crippen molar-refractivity contribution in [2.45, 2.75) is 38.3 Å². The van der Waals surface area contributed by atoms with E-state index in [1.54, 1.807) is 12.1 Å². The van der Waals surface area contributed by atoms with Crippen molar-refractivity contribution in [1.29, 1.82) is 0 Å². The minimum absolute atomic E-state index is 0.0727. The molecule has 1 unspecified atom stereocenters. The van der Waals surface area contributed by atoms with Crippen LogP contribution in [0, 0.1) is 0 Å². The lowest BCUT2D eigenvalue weighted by atomic mass is 10.1. The predicted molar refractivity (Wildman–Crippen MR) is 94.0 cm³/mol. The highest BCUT2D eigenvalue weighted by atomic mass is 19.4. The van der Waals surface area contributed by atoms with Crippen molar-refractivity contribution in [3.63, 3.8) is 0 Å². The number of benzene rings is 1. The summed E-state index contributed by atoms with van der Waals surface area (Å²) < 4.78 is 53.1. The number of rotatable bonds is 4. The average Bonchev–Trinajstić information content (AvgIpc) is 2.97. The van der Waals surface area contributed by atoms with Gasteiger partial charge >= 0.3 is 12.1 Å². The second-order valence-corrected chi connectivity index (χ2v) is 6.56. The van der Waals surface area contributed by atoms with Gasteiger partial charge in [0.1, 0.15) is 5.75 Å². The van der Waals surface area contributed by atoms with Gasteiger partial charge in [0.05, 0.1) is 18.3 Å². The molecule has 148 valence electrons. The van der Waals surface area contributed by atoms with Crippen LogP contribution >= 0.6 is 0 Å². The van der Waals surface area contributed by atoms with Gasteiger partial charge in [-0.3, -0.25) is 4.57 Å². The molecule has 0 spiro atoms. The van der Waals surface area contributed by atoms with E-state index in [4.69, 9.17) is 9.15 Å². The van der Waals surface area contributed by atoms with Gasteiger partial charge < -0.3 is 13.9 Å². The number of halogens is 3. The normalized spacial score (nSPS) is 17.8. The van der Waals surface area contributed by atoms with E-state index < -0.39 is 12.1 Å². The summed E-state index contributed by atoms with van der Waals surface area (Å²) in [6.45, 7) is 1.01. The fourth-order valence-corrected chi connectivity index (χ4v) is 3.25. The van der Waals surface area contributed by atoms with Gasteiger partial charge in [-0.2, -0.15) is 0 Å². The molecule has 0 aliphatic carbocycles. The van der Waals surface area contributed by atoms with Crippen LogP contribution in [0.15, 0.2) is 45.6 Å². The zero-order valence-corrected chi connectivity index (χ0v) is 14.7. The molecule has 6 nitrogen and oxygen atoms in total. The molecule has 4 rings (SSSR count). The third-order valence-electron chi connectivity index (χ3n) is 4.56. The second kappa shape index (κ2) is 7.31. The minimum atomic E-state index is -4.74. The van der Waals surface area contributed by atoms with E-state index in [0.29, 0.717) is 35.6 Å². The minimum Gasteiger partial charge on any atom is -0.406 e. The van der Waals surface area contributed by atoms with E-state index in [1.807, 2.05) is 0 Å². The van der Waals surface area contributed by atoms with E-state index >= 15 is 0 Å². The van der Waals surface area contributed by atoms with Crippen LogP contribution in [-0.4, -0.2) is 28.6 Å². The summed E-state index contributed by atoms with van der Waals surface area (Å²) in [5.74, 6) is -0.824. The van der Waals surface area contributed by atoms with Crippen LogP contribution in [0.1, 0.15) is 19.3 Å². The molecule has 0 N–H and O–H groups in total. The van der Waals surface area contributed by atoms with E-state index in [2.05, 4.69) is 9.72 Å². The smallest absolute Gasteiger partial charge is 0.406 e. The molecule has 1 atom stereocenters. The largest absolute Gasteiger partial charge is 0.573 e. The number of fused-ring (bicyclic) bond motifs is 1. The summed E-state index contributed by atoms with van der Waals surface area (Å²) in [6.07, 6.45) is -1.91. The fourth-order valence-electron chi connectivity index (χ4n) is 3.25. The highest BCUT2D eigenvalue weighted by molar-refractivity contribution is 5.73. The highest BCUT2D eigenvalue weighted by Crippen LogP contribution is 2.27. The van der Waals surface area contributed by atoms with Crippen molar-refractivity contribution in [3.05, 3.63) is 46.9 Å². The zero-order valence-electron chi connectivity index (χ0n) is 14.7. The van der Waals surface area contributed by atoms with E-state index in [1.165, 1.54) is 28.8 Å². The van der Waals surface area contributed by atoms with Crippen molar-refractivity contribution >= 4 is 11.2 Å². The molecule has 0 radical (unpaired) electrons. The van der Waals surface area contributed by atoms with Gasteiger partial charge in [-0.1, -0.05) is 0 Å². The van der Waals surface area contributed by atoms with Crippen LogP contribution < -0.4 is 10.5 Å². The molecule has 1 aliphatic heterocycles. The summed E-state index contributed by atoms with van der Waals surface area (Å²) in [6, 6.07) is 8.65. The first kappa shape index (κ1) is 18.5. The lowest BCUT2D eigenvalue weighted by Gasteiger charge is -2.22. The molecule has 1 aliphatic rings. The van der Waals surface area contributed by atoms with Gasteiger partial charge in [0.15, 0.2) is 11.2 Å². The summed E-state index contributed by atoms with van der Waals surface area (Å²) in [4.78, 5) is 16.7. The molecule has 1 aromatic carbocycles. The molecule has 9 heteroatoms. The topological polar surface area (TPSA) is 66.5 Å². The molecule has 28 heavy (non-hydrogen) atoms.